The number of anilines is 1. The van der Waals surface area contributed by atoms with E-state index in [-0.39, 0.29) is 34.2 Å². The zero-order valence-electron chi connectivity index (χ0n) is 15.6. The number of thiophene rings is 1. The van der Waals surface area contributed by atoms with Crippen molar-refractivity contribution in [2.24, 2.45) is 0 Å². The van der Waals surface area contributed by atoms with Crippen molar-refractivity contribution in [3.05, 3.63) is 44.8 Å². The monoisotopic (exact) mass is 422 g/mol. The standard InChI is InChI=1S/C19H19ClN2O5S/c1-4-25-19(24)16-14(13(8-21)17(22)28-16)9-26-18(23)11(3)27-15-6-5-12(20)7-10(15)2/h5-7,11H,4,9,22H2,1-3H3. The van der Waals surface area contributed by atoms with Crippen molar-refractivity contribution >= 4 is 39.9 Å². The summed E-state index contributed by atoms with van der Waals surface area (Å²) in [6.45, 7) is 4.88. The van der Waals surface area contributed by atoms with Crippen LogP contribution >= 0.6 is 22.9 Å². The average Bonchev–Trinajstić information content (AvgIpc) is 2.97. The molecule has 0 aliphatic rings. The van der Waals surface area contributed by atoms with Gasteiger partial charge in [0, 0.05) is 10.6 Å². The summed E-state index contributed by atoms with van der Waals surface area (Å²) < 4.78 is 15.8. The molecule has 1 aromatic carbocycles. The van der Waals surface area contributed by atoms with Crippen LogP contribution in [0.3, 0.4) is 0 Å². The highest BCUT2D eigenvalue weighted by molar-refractivity contribution is 7.18. The fourth-order valence-corrected chi connectivity index (χ4v) is 3.49. The first-order valence-electron chi connectivity index (χ1n) is 8.36. The number of nitrogen functional groups attached to an aromatic ring is 1. The van der Waals surface area contributed by atoms with Crippen molar-refractivity contribution in [1.82, 2.24) is 0 Å². The molecular formula is C19H19ClN2O5S. The lowest BCUT2D eigenvalue weighted by atomic mass is 10.1. The normalized spacial score (nSPS) is 11.4. The SMILES string of the molecule is CCOC(=O)c1sc(N)c(C#N)c1COC(=O)C(C)Oc1ccc(Cl)cc1C. The molecule has 2 aromatic rings. The number of rotatable bonds is 7. The Balaban J connectivity index is 2.11. The van der Waals surface area contributed by atoms with Gasteiger partial charge in [-0.25, -0.2) is 9.59 Å². The van der Waals surface area contributed by atoms with Crippen LogP contribution < -0.4 is 10.5 Å². The molecule has 0 bridgehead atoms. The van der Waals surface area contributed by atoms with E-state index in [4.69, 9.17) is 31.5 Å². The first-order valence-corrected chi connectivity index (χ1v) is 9.55. The molecule has 0 fully saturated rings. The molecule has 0 aliphatic carbocycles. The van der Waals surface area contributed by atoms with E-state index in [1.54, 1.807) is 32.0 Å². The van der Waals surface area contributed by atoms with E-state index >= 15 is 0 Å². The highest BCUT2D eigenvalue weighted by atomic mass is 35.5. The molecule has 0 spiro atoms. The van der Waals surface area contributed by atoms with Crippen LogP contribution in [0.15, 0.2) is 18.2 Å². The number of carbonyl (C=O) groups excluding carboxylic acids is 2. The van der Waals surface area contributed by atoms with Crippen molar-refractivity contribution in [2.75, 3.05) is 12.3 Å². The molecule has 1 unspecified atom stereocenters. The van der Waals surface area contributed by atoms with Crippen LogP contribution in [0.2, 0.25) is 5.02 Å². The van der Waals surface area contributed by atoms with Crippen LogP contribution in [-0.4, -0.2) is 24.6 Å². The van der Waals surface area contributed by atoms with Crippen molar-refractivity contribution in [2.45, 2.75) is 33.5 Å². The Hall–Kier alpha value is -2.76. The summed E-state index contributed by atoms with van der Waals surface area (Å²) in [7, 11) is 0. The first-order chi connectivity index (χ1) is 13.3. The van der Waals surface area contributed by atoms with Gasteiger partial charge >= 0.3 is 11.9 Å². The van der Waals surface area contributed by atoms with E-state index < -0.39 is 18.0 Å². The maximum absolute atomic E-state index is 12.3. The molecule has 0 saturated heterocycles. The van der Waals surface area contributed by atoms with Crippen LogP contribution in [0.1, 0.15) is 40.2 Å². The van der Waals surface area contributed by atoms with Crippen molar-refractivity contribution in [1.29, 1.82) is 5.26 Å². The van der Waals surface area contributed by atoms with E-state index in [2.05, 4.69) is 0 Å². The Bertz CT molecular complexity index is 935. The van der Waals surface area contributed by atoms with Gasteiger partial charge < -0.3 is 19.9 Å². The number of esters is 2. The molecule has 0 aliphatic heterocycles. The summed E-state index contributed by atoms with van der Waals surface area (Å²) in [5.74, 6) is -0.774. The number of nitrogens with zero attached hydrogens (tertiary/aromatic N) is 1. The van der Waals surface area contributed by atoms with Crippen molar-refractivity contribution in [3.63, 3.8) is 0 Å². The van der Waals surface area contributed by atoms with Gasteiger partial charge in [0.2, 0.25) is 0 Å². The molecule has 1 heterocycles. The predicted octanol–water partition coefficient (Wildman–Crippen LogP) is 3.85. The molecule has 0 saturated carbocycles. The fraction of sp³-hybridized carbons (Fsp3) is 0.316. The summed E-state index contributed by atoms with van der Waals surface area (Å²) in [5.41, 5.74) is 6.90. The number of ether oxygens (including phenoxy) is 3. The molecule has 2 N–H and O–H groups in total. The maximum Gasteiger partial charge on any atom is 0.348 e. The Kier molecular flexibility index (Phi) is 7.26. The Morgan fingerprint density at radius 1 is 1.36 bits per heavy atom. The largest absolute Gasteiger partial charge is 0.479 e. The molecule has 0 radical (unpaired) electrons. The van der Waals surface area contributed by atoms with Gasteiger partial charge in [-0.05, 0) is 44.5 Å². The lowest BCUT2D eigenvalue weighted by Gasteiger charge is -2.16. The second-order valence-electron chi connectivity index (χ2n) is 5.76. The topological polar surface area (TPSA) is 112 Å². The van der Waals surface area contributed by atoms with E-state index in [1.807, 2.05) is 6.07 Å². The zero-order chi connectivity index (χ0) is 20.8. The highest BCUT2D eigenvalue weighted by Gasteiger charge is 2.25. The third-order valence-corrected chi connectivity index (χ3v) is 5.01. The third kappa shape index (κ3) is 4.94. The van der Waals surface area contributed by atoms with E-state index in [0.29, 0.717) is 10.8 Å². The van der Waals surface area contributed by atoms with Gasteiger partial charge in [-0.1, -0.05) is 11.6 Å². The molecule has 28 heavy (non-hydrogen) atoms. The Labute approximate surface area is 171 Å². The lowest BCUT2D eigenvalue weighted by molar-refractivity contribution is -0.152. The Morgan fingerprint density at radius 3 is 2.68 bits per heavy atom. The molecular weight excluding hydrogens is 404 g/mol. The number of nitriles is 1. The van der Waals surface area contributed by atoms with Crippen LogP contribution in [0, 0.1) is 18.3 Å². The van der Waals surface area contributed by atoms with Crippen LogP contribution in [0.5, 0.6) is 5.75 Å². The van der Waals surface area contributed by atoms with Crippen molar-refractivity contribution in [3.8, 4) is 11.8 Å². The number of hydrogen-bond donors (Lipinski definition) is 1. The summed E-state index contributed by atoms with van der Waals surface area (Å²) in [6.07, 6.45) is -0.910. The molecule has 1 aromatic heterocycles. The van der Waals surface area contributed by atoms with Gasteiger partial charge in [-0.3, -0.25) is 0 Å². The molecule has 0 amide bonds. The second-order valence-corrected chi connectivity index (χ2v) is 7.25. The van der Waals surface area contributed by atoms with Gasteiger partial charge in [0.25, 0.3) is 0 Å². The smallest absolute Gasteiger partial charge is 0.348 e. The lowest BCUT2D eigenvalue weighted by Crippen LogP contribution is -2.26. The predicted molar refractivity (Wildman–Crippen MR) is 105 cm³/mol. The number of carbonyl (C=O) groups is 2. The van der Waals surface area contributed by atoms with E-state index in [9.17, 15) is 14.9 Å². The van der Waals surface area contributed by atoms with Gasteiger partial charge in [0.05, 0.1) is 12.2 Å². The van der Waals surface area contributed by atoms with Gasteiger partial charge in [-0.15, -0.1) is 11.3 Å². The number of aryl methyl sites for hydroxylation is 1. The minimum atomic E-state index is -0.910. The van der Waals surface area contributed by atoms with E-state index in [1.165, 1.54) is 6.92 Å². The van der Waals surface area contributed by atoms with Crippen molar-refractivity contribution < 1.29 is 23.8 Å². The summed E-state index contributed by atoms with van der Waals surface area (Å²) in [4.78, 5) is 24.5. The highest BCUT2D eigenvalue weighted by Crippen LogP contribution is 2.32. The summed E-state index contributed by atoms with van der Waals surface area (Å²) >= 11 is 6.83. The summed E-state index contributed by atoms with van der Waals surface area (Å²) in [6, 6.07) is 6.96. The fourth-order valence-electron chi connectivity index (χ4n) is 2.35. The third-order valence-electron chi connectivity index (χ3n) is 3.74. The number of halogens is 1. The average molecular weight is 423 g/mol. The molecule has 2 rings (SSSR count). The number of nitrogens with two attached hydrogens (primary N) is 1. The quantitative estimate of drug-likeness (QED) is 0.674. The Morgan fingerprint density at radius 2 is 2.07 bits per heavy atom. The van der Waals surface area contributed by atoms with Crippen LogP contribution in [-0.2, 0) is 20.9 Å². The molecule has 7 nitrogen and oxygen atoms in total. The van der Waals surface area contributed by atoms with Crippen LogP contribution in [0.25, 0.3) is 0 Å². The first kappa shape index (κ1) is 21.5. The minimum Gasteiger partial charge on any atom is -0.479 e. The van der Waals surface area contributed by atoms with E-state index in [0.717, 1.165) is 16.9 Å². The van der Waals surface area contributed by atoms with Gasteiger partial charge in [0.15, 0.2) is 6.10 Å². The van der Waals surface area contributed by atoms with Crippen LogP contribution in [0.4, 0.5) is 5.00 Å². The zero-order valence-corrected chi connectivity index (χ0v) is 17.1. The molecule has 9 heteroatoms. The number of hydrogen-bond acceptors (Lipinski definition) is 8. The second kappa shape index (κ2) is 9.44. The molecule has 148 valence electrons. The maximum atomic E-state index is 12.3. The van der Waals surface area contributed by atoms with Gasteiger partial charge in [-0.2, -0.15) is 5.26 Å². The van der Waals surface area contributed by atoms with Gasteiger partial charge in [0.1, 0.15) is 28.3 Å². The minimum absolute atomic E-state index is 0.1000. The summed E-state index contributed by atoms with van der Waals surface area (Å²) in [5, 5.41) is 10.0. The molecule has 1 atom stereocenters. The number of benzene rings is 1.